The molecule has 0 aliphatic carbocycles. The van der Waals surface area contributed by atoms with Crippen molar-refractivity contribution in [3.05, 3.63) is 23.5 Å². The van der Waals surface area contributed by atoms with Crippen molar-refractivity contribution in [2.24, 2.45) is 0 Å². The van der Waals surface area contributed by atoms with Gasteiger partial charge < -0.3 is 10.1 Å². The van der Waals surface area contributed by atoms with Gasteiger partial charge in [-0.05, 0) is 43.8 Å². The number of carbonyl (C=O) groups is 1. The molecule has 1 amide bonds. The third kappa shape index (κ3) is 7.04. The van der Waals surface area contributed by atoms with Gasteiger partial charge in [-0.15, -0.1) is 11.8 Å². The van der Waals surface area contributed by atoms with Crippen LogP contribution in [-0.2, 0) is 4.74 Å². The van der Waals surface area contributed by atoms with E-state index in [9.17, 15) is 22.4 Å². The molecule has 1 aromatic carbocycles. The third-order valence-corrected chi connectivity index (χ3v) is 3.82. The molecule has 0 saturated heterocycles. The van der Waals surface area contributed by atoms with E-state index in [0.29, 0.717) is 17.3 Å². The molecule has 23 heavy (non-hydrogen) atoms. The number of benzene rings is 1. The molecular weight excluding hydrogens is 356 g/mol. The van der Waals surface area contributed by atoms with Gasteiger partial charge in [0, 0.05) is 4.90 Å². The van der Waals surface area contributed by atoms with Gasteiger partial charge in [-0.25, -0.2) is 9.18 Å². The van der Waals surface area contributed by atoms with E-state index in [0.717, 1.165) is 6.07 Å². The molecular formula is C13H14F4N2O2S2. The summed E-state index contributed by atoms with van der Waals surface area (Å²) in [5.74, 6) is -1.79. The Morgan fingerprint density at radius 3 is 2.61 bits per heavy atom. The summed E-state index contributed by atoms with van der Waals surface area (Å²) in [6.07, 6.45) is -5.15. The number of carbonyl (C=O) groups excluding carboxylic acids is 1. The minimum Gasteiger partial charge on any atom is -0.450 e. The predicted octanol–water partition coefficient (Wildman–Crippen LogP) is 4.23. The number of thiocarbonyl (C=S) groups is 1. The molecule has 0 atom stereocenters. The van der Waals surface area contributed by atoms with Crippen LogP contribution in [0.5, 0.6) is 0 Å². The summed E-state index contributed by atoms with van der Waals surface area (Å²) in [6.45, 7) is 3.23. The molecule has 0 spiro atoms. The zero-order valence-corrected chi connectivity index (χ0v) is 13.8. The first-order chi connectivity index (χ1) is 10.6. The first kappa shape index (κ1) is 19.5. The second kappa shape index (κ2) is 8.34. The largest absolute Gasteiger partial charge is 0.450 e. The van der Waals surface area contributed by atoms with E-state index in [-0.39, 0.29) is 22.3 Å². The highest BCUT2D eigenvalue weighted by atomic mass is 32.2. The SMILES string of the molecule is CCOC(=O)NC(=S)Nc1cc(SCC(F)(F)F)c(C)cc1F. The maximum Gasteiger partial charge on any atom is 0.413 e. The van der Waals surface area contributed by atoms with Crippen molar-refractivity contribution in [3.8, 4) is 0 Å². The fourth-order valence-electron chi connectivity index (χ4n) is 1.48. The quantitative estimate of drug-likeness (QED) is 0.472. The number of thioether (sulfide) groups is 1. The molecule has 0 fully saturated rings. The van der Waals surface area contributed by atoms with Gasteiger partial charge in [-0.1, -0.05) is 0 Å². The lowest BCUT2D eigenvalue weighted by Crippen LogP contribution is -2.34. The first-order valence-electron chi connectivity index (χ1n) is 6.37. The summed E-state index contributed by atoms with van der Waals surface area (Å²) >= 11 is 5.35. The Morgan fingerprint density at radius 1 is 1.39 bits per heavy atom. The van der Waals surface area contributed by atoms with Crippen molar-refractivity contribution >= 4 is 40.9 Å². The predicted molar refractivity (Wildman–Crippen MR) is 84.3 cm³/mol. The highest BCUT2D eigenvalue weighted by Crippen LogP contribution is 2.32. The number of halogens is 4. The van der Waals surface area contributed by atoms with Gasteiger partial charge in [0.25, 0.3) is 0 Å². The highest BCUT2D eigenvalue weighted by Gasteiger charge is 2.27. The maximum atomic E-state index is 13.9. The van der Waals surface area contributed by atoms with Crippen LogP contribution in [0.25, 0.3) is 0 Å². The van der Waals surface area contributed by atoms with E-state index in [4.69, 9.17) is 12.2 Å². The second-order valence-electron chi connectivity index (χ2n) is 4.30. The molecule has 0 heterocycles. The zero-order valence-electron chi connectivity index (χ0n) is 12.2. The van der Waals surface area contributed by atoms with Crippen molar-refractivity contribution in [3.63, 3.8) is 0 Å². The molecule has 0 unspecified atom stereocenters. The van der Waals surface area contributed by atoms with E-state index < -0.39 is 23.8 Å². The minimum absolute atomic E-state index is 0.131. The first-order valence-corrected chi connectivity index (χ1v) is 7.76. The molecule has 4 nitrogen and oxygen atoms in total. The van der Waals surface area contributed by atoms with Gasteiger partial charge in [0.1, 0.15) is 5.82 Å². The smallest absolute Gasteiger partial charge is 0.413 e. The van der Waals surface area contributed by atoms with Gasteiger partial charge in [-0.3, -0.25) is 5.32 Å². The van der Waals surface area contributed by atoms with E-state index in [1.807, 2.05) is 0 Å². The lowest BCUT2D eigenvalue weighted by atomic mass is 10.2. The van der Waals surface area contributed by atoms with Crippen LogP contribution >= 0.6 is 24.0 Å². The van der Waals surface area contributed by atoms with Crippen molar-refractivity contribution in [1.82, 2.24) is 5.32 Å². The molecule has 0 radical (unpaired) electrons. The average molecular weight is 370 g/mol. The van der Waals surface area contributed by atoms with Crippen molar-refractivity contribution in [2.45, 2.75) is 24.9 Å². The number of rotatable bonds is 4. The number of anilines is 1. The lowest BCUT2D eigenvalue weighted by molar-refractivity contribution is -0.105. The topological polar surface area (TPSA) is 50.4 Å². The Labute approximate surface area is 140 Å². The van der Waals surface area contributed by atoms with Crippen LogP contribution in [0.1, 0.15) is 12.5 Å². The number of aryl methyl sites for hydroxylation is 1. The molecule has 128 valence electrons. The fraction of sp³-hybridized carbons (Fsp3) is 0.385. The molecule has 1 rings (SSSR count). The number of nitrogens with one attached hydrogen (secondary N) is 2. The summed E-state index contributed by atoms with van der Waals surface area (Å²) in [5, 5.41) is 4.34. The second-order valence-corrected chi connectivity index (χ2v) is 5.73. The van der Waals surface area contributed by atoms with Crippen molar-refractivity contribution in [1.29, 1.82) is 0 Å². The van der Waals surface area contributed by atoms with Gasteiger partial charge >= 0.3 is 12.3 Å². The van der Waals surface area contributed by atoms with Crippen molar-refractivity contribution in [2.75, 3.05) is 17.7 Å². The normalized spacial score (nSPS) is 11.0. The van der Waals surface area contributed by atoms with Gasteiger partial charge in [-0.2, -0.15) is 13.2 Å². The number of alkyl carbamates (subject to hydrolysis) is 1. The Hall–Kier alpha value is -1.55. The fourth-order valence-corrected chi connectivity index (χ4v) is 2.48. The van der Waals surface area contributed by atoms with Crippen LogP contribution in [0.15, 0.2) is 17.0 Å². The average Bonchev–Trinajstić information content (AvgIpc) is 2.39. The zero-order chi connectivity index (χ0) is 17.6. The van der Waals surface area contributed by atoms with Gasteiger partial charge in [0.2, 0.25) is 0 Å². The van der Waals surface area contributed by atoms with Gasteiger partial charge in [0.05, 0.1) is 18.0 Å². The molecule has 10 heteroatoms. The van der Waals surface area contributed by atoms with E-state index >= 15 is 0 Å². The molecule has 0 aliphatic heterocycles. The summed E-state index contributed by atoms with van der Waals surface area (Å²) < 4.78 is 55.3. The Balaban J connectivity index is 2.82. The molecule has 1 aromatic rings. The number of hydrogen-bond acceptors (Lipinski definition) is 4. The van der Waals surface area contributed by atoms with Crippen LogP contribution in [0.4, 0.5) is 28.0 Å². The Bertz CT molecular complexity index is 594. The minimum atomic E-state index is -4.33. The summed E-state index contributed by atoms with van der Waals surface area (Å²) in [7, 11) is 0. The molecule has 0 saturated carbocycles. The number of amides is 1. The van der Waals surface area contributed by atoms with E-state index in [1.165, 1.54) is 13.0 Å². The molecule has 0 aliphatic rings. The third-order valence-electron chi connectivity index (χ3n) is 2.40. The van der Waals surface area contributed by atoms with Gasteiger partial charge in [0.15, 0.2) is 5.11 Å². The molecule has 2 N–H and O–H groups in total. The van der Waals surface area contributed by atoms with E-state index in [2.05, 4.69) is 15.4 Å². The van der Waals surface area contributed by atoms with Crippen LogP contribution in [0, 0.1) is 12.7 Å². The van der Waals surface area contributed by atoms with E-state index in [1.54, 1.807) is 6.92 Å². The summed E-state index contributed by atoms with van der Waals surface area (Å²) in [6, 6.07) is 2.30. The molecule has 0 aromatic heterocycles. The monoisotopic (exact) mass is 370 g/mol. The summed E-state index contributed by atoms with van der Waals surface area (Å²) in [5.41, 5.74) is 0.230. The van der Waals surface area contributed by atoms with Crippen LogP contribution in [0.3, 0.4) is 0 Å². The number of alkyl halides is 3. The van der Waals surface area contributed by atoms with Crippen LogP contribution in [0.2, 0.25) is 0 Å². The Morgan fingerprint density at radius 2 is 2.04 bits per heavy atom. The van der Waals surface area contributed by atoms with Crippen LogP contribution in [-0.4, -0.2) is 29.7 Å². The highest BCUT2D eigenvalue weighted by molar-refractivity contribution is 7.99. The molecule has 0 bridgehead atoms. The Kier molecular flexibility index (Phi) is 7.07. The standard InChI is InChI=1S/C13H14F4N2O2S2/c1-3-21-12(20)19-11(22)18-9-5-10(7(2)4-8(9)14)23-6-13(15,16)17/h4-5H,3,6H2,1-2H3,(H2,18,19,20,22). The van der Waals surface area contributed by atoms with Crippen molar-refractivity contribution < 1.29 is 27.1 Å². The summed E-state index contributed by atoms with van der Waals surface area (Å²) in [4.78, 5) is 11.4. The number of hydrogen-bond donors (Lipinski definition) is 2. The number of ether oxygens (including phenoxy) is 1. The maximum absolute atomic E-state index is 13.9. The van der Waals surface area contributed by atoms with Crippen LogP contribution < -0.4 is 10.6 Å². The lowest BCUT2D eigenvalue weighted by Gasteiger charge is -2.14.